The van der Waals surface area contributed by atoms with Crippen LogP contribution >= 0.6 is 23.2 Å². The van der Waals surface area contributed by atoms with Crippen molar-refractivity contribution in [3.05, 3.63) is 76.3 Å². The van der Waals surface area contributed by atoms with Gasteiger partial charge in [0.1, 0.15) is 11.8 Å². The van der Waals surface area contributed by atoms with E-state index in [1.54, 1.807) is 25.1 Å². The fourth-order valence-electron chi connectivity index (χ4n) is 3.41. The molecule has 0 aliphatic rings. The largest absolute Gasteiger partial charge is 0.483 e. The molecular formula is C26H28Cl2N2O3. The summed E-state index contributed by atoms with van der Waals surface area (Å²) in [5.74, 6) is 0.363. The minimum atomic E-state index is -0.709. The van der Waals surface area contributed by atoms with Gasteiger partial charge in [0.15, 0.2) is 6.61 Å². The van der Waals surface area contributed by atoms with Crippen molar-refractivity contribution in [1.82, 2.24) is 10.2 Å². The molecule has 0 saturated carbocycles. The van der Waals surface area contributed by atoms with Crippen LogP contribution in [0.15, 0.2) is 60.7 Å². The Hall–Kier alpha value is -2.76. The molecule has 7 heteroatoms. The summed E-state index contributed by atoms with van der Waals surface area (Å²) in [7, 11) is 0. The van der Waals surface area contributed by atoms with Gasteiger partial charge in [0.25, 0.3) is 5.91 Å². The van der Waals surface area contributed by atoms with Crippen LogP contribution in [0.5, 0.6) is 5.75 Å². The summed E-state index contributed by atoms with van der Waals surface area (Å²) in [4.78, 5) is 27.5. The van der Waals surface area contributed by atoms with Gasteiger partial charge in [-0.25, -0.2) is 0 Å². The van der Waals surface area contributed by atoms with Gasteiger partial charge in [-0.15, -0.1) is 0 Å². The third kappa shape index (κ3) is 6.62. The van der Waals surface area contributed by atoms with Gasteiger partial charge < -0.3 is 15.0 Å². The molecule has 3 aromatic rings. The van der Waals surface area contributed by atoms with E-state index in [9.17, 15) is 9.59 Å². The van der Waals surface area contributed by atoms with Gasteiger partial charge in [0.05, 0.1) is 0 Å². The van der Waals surface area contributed by atoms with Gasteiger partial charge >= 0.3 is 0 Å². The van der Waals surface area contributed by atoms with Crippen molar-refractivity contribution in [3.8, 4) is 5.75 Å². The third-order valence-electron chi connectivity index (χ3n) is 5.31. The third-order valence-corrected chi connectivity index (χ3v) is 5.90. The Morgan fingerprint density at radius 2 is 1.73 bits per heavy atom. The second-order valence-corrected chi connectivity index (χ2v) is 9.18. The lowest BCUT2D eigenvalue weighted by atomic mass is 10.1. The Bertz CT molecular complexity index is 1130. The highest BCUT2D eigenvalue weighted by molar-refractivity contribution is 6.35. The molecule has 0 spiro atoms. The van der Waals surface area contributed by atoms with Crippen LogP contribution in [0, 0.1) is 5.92 Å². The number of halogens is 2. The Morgan fingerprint density at radius 1 is 1.00 bits per heavy atom. The maximum absolute atomic E-state index is 13.3. The lowest BCUT2D eigenvalue weighted by molar-refractivity contribution is -0.142. The SMILES string of the molecule is CC(C)CNC(=O)C(C)N(Cc1ccc(Cl)cc1Cl)C(=O)COc1cccc2ccccc12. The van der Waals surface area contributed by atoms with Crippen LogP contribution in [0.25, 0.3) is 10.8 Å². The topological polar surface area (TPSA) is 58.6 Å². The van der Waals surface area contributed by atoms with E-state index in [4.69, 9.17) is 27.9 Å². The summed E-state index contributed by atoms with van der Waals surface area (Å²) in [6.07, 6.45) is 0. The maximum Gasteiger partial charge on any atom is 0.261 e. The normalized spacial score (nSPS) is 11.9. The Balaban J connectivity index is 1.80. The van der Waals surface area contributed by atoms with Crippen molar-refractivity contribution in [2.45, 2.75) is 33.4 Å². The van der Waals surface area contributed by atoms with E-state index in [0.29, 0.717) is 33.8 Å². The zero-order valence-corrected chi connectivity index (χ0v) is 20.5. The van der Waals surface area contributed by atoms with Crippen LogP contribution in [0.4, 0.5) is 0 Å². The van der Waals surface area contributed by atoms with Gasteiger partial charge in [-0.1, -0.05) is 79.5 Å². The predicted octanol–water partition coefficient (Wildman–Crippen LogP) is 5.71. The molecular weight excluding hydrogens is 459 g/mol. The summed E-state index contributed by atoms with van der Waals surface area (Å²) in [5.41, 5.74) is 0.697. The highest BCUT2D eigenvalue weighted by Gasteiger charge is 2.27. The minimum absolute atomic E-state index is 0.157. The van der Waals surface area contributed by atoms with Crippen molar-refractivity contribution in [1.29, 1.82) is 0 Å². The molecule has 0 heterocycles. The molecule has 0 aliphatic carbocycles. The first-order valence-electron chi connectivity index (χ1n) is 10.9. The molecule has 2 amide bonds. The monoisotopic (exact) mass is 486 g/mol. The smallest absolute Gasteiger partial charge is 0.261 e. The molecule has 0 bridgehead atoms. The maximum atomic E-state index is 13.3. The van der Waals surface area contributed by atoms with Crippen molar-refractivity contribution < 1.29 is 14.3 Å². The molecule has 0 fully saturated rings. The second-order valence-electron chi connectivity index (χ2n) is 8.34. The van der Waals surface area contributed by atoms with Crippen LogP contribution in [-0.4, -0.2) is 35.9 Å². The van der Waals surface area contributed by atoms with Crippen LogP contribution in [-0.2, 0) is 16.1 Å². The molecule has 1 atom stereocenters. The van der Waals surface area contributed by atoms with E-state index in [-0.39, 0.29) is 25.0 Å². The Labute approximate surface area is 204 Å². The van der Waals surface area contributed by atoms with E-state index in [0.717, 1.165) is 10.8 Å². The fraction of sp³-hybridized carbons (Fsp3) is 0.308. The second kappa shape index (κ2) is 11.4. The number of benzene rings is 3. The summed E-state index contributed by atoms with van der Waals surface area (Å²) in [6.45, 7) is 6.21. The quantitative estimate of drug-likeness (QED) is 0.420. The number of rotatable bonds is 9. The van der Waals surface area contributed by atoms with E-state index in [1.807, 2.05) is 56.3 Å². The van der Waals surface area contributed by atoms with Gasteiger partial charge in [-0.3, -0.25) is 9.59 Å². The average molecular weight is 487 g/mol. The van der Waals surface area contributed by atoms with E-state index >= 15 is 0 Å². The first-order valence-corrected chi connectivity index (χ1v) is 11.6. The standard InChI is InChI=1S/C26H28Cl2N2O3/c1-17(2)14-29-26(32)18(3)30(15-20-11-12-21(27)13-23(20)28)25(31)16-33-24-10-6-8-19-7-4-5-9-22(19)24/h4-13,17-18H,14-16H2,1-3H3,(H,29,32). The summed E-state index contributed by atoms with van der Waals surface area (Å²) in [6, 6.07) is 17.9. The highest BCUT2D eigenvalue weighted by Crippen LogP contribution is 2.26. The van der Waals surface area contributed by atoms with Crippen molar-refractivity contribution >= 4 is 45.8 Å². The Morgan fingerprint density at radius 3 is 2.45 bits per heavy atom. The number of nitrogens with zero attached hydrogens (tertiary/aromatic N) is 1. The number of fused-ring (bicyclic) bond motifs is 1. The van der Waals surface area contributed by atoms with Gasteiger partial charge in [-0.2, -0.15) is 0 Å². The number of hydrogen-bond acceptors (Lipinski definition) is 3. The van der Waals surface area contributed by atoms with Crippen molar-refractivity contribution in [2.75, 3.05) is 13.2 Å². The predicted molar refractivity (Wildman–Crippen MR) is 134 cm³/mol. The van der Waals surface area contributed by atoms with E-state index < -0.39 is 6.04 Å². The molecule has 0 saturated heterocycles. The summed E-state index contributed by atoms with van der Waals surface area (Å²) >= 11 is 12.4. The van der Waals surface area contributed by atoms with Crippen molar-refractivity contribution in [2.24, 2.45) is 5.92 Å². The molecule has 3 rings (SSSR count). The lowest BCUT2D eigenvalue weighted by Gasteiger charge is -2.29. The first kappa shape index (κ1) is 24.9. The van der Waals surface area contributed by atoms with Crippen LogP contribution in [0.3, 0.4) is 0 Å². The number of carbonyl (C=O) groups is 2. The molecule has 0 aliphatic heterocycles. The molecule has 3 aromatic carbocycles. The van der Waals surface area contributed by atoms with Gasteiger partial charge in [0.2, 0.25) is 5.91 Å². The van der Waals surface area contributed by atoms with Gasteiger partial charge in [0, 0.05) is 28.5 Å². The van der Waals surface area contributed by atoms with Crippen LogP contribution in [0.1, 0.15) is 26.3 Å². The molecule has 0 aromatic heterocycles. The zero-order valence-electron chi connectivity index (χ0n) is 19.0. The van der Waals surface area contributed by atoms with Crippen LogP contribution in [0.2, 0.25) is 10.0 Å². The molecule has 174 valence electrons. The summed E-state index contributed by atoms with van der Waals surface area (Å²) in [5, 5.41) is 5.78. The number of amides is 2. The van der Waals surface area contributed by atoms with E-state index in [2.05, 4.69) is 5.32 Å². The molecule has 0 radical (unpaired) electrons. The molecule has 5 nitrogen and oxygen atoms in total. The highest BCUT2D eigenvalue weighted by atomic mass is 35.5. The number of nitrogens with one attached hydrogen (secondary N) is 1. The summed E-state index contributed by atoms with van der Waals surface area (Å²) < 4.78 is 5.90. The minimum Gasteiger partial charge on any atom is -0.483 e. The number of hydrogen-bond donors (Lipinski definition) is 1. The number of ether oxygens (including phenoxy) is 1. The molecule has 1 N–H and O–H groups in total. The Kier molecular flexibility index (Phi) is 8.59. The molecule has 1 unspecified atom stereocenters. The average Bonchev–Trinajstić information content (AvgIpc) is 2.80. The van der Waals surface area contributed by atoms with Crippen LogP contribution < -0.4 is 10.1 Å². The van der Waals surface area contributed by atoms with Gasteiger partial charge in [-0.05, 0) is 42.0 Å². The lowest BCUT2D eigenvalue weighted by Crippen LogP contribution is -2.49. The van der Waals surface area contributed by atoms with Crippen molar-refractivity contribution in [3.63, 3.8) is 0 Å². The van der Waals surface area contributed by atoms with E-state index in [1.165, 1.54) is 4.90 Å². The fourth-order valence-corrected chi connectivity index (χ4v) is 3.88. The first-order chi connectivity index (χ1) is 15.8. The molecule has 33 heavy (non-hydrogen) atoms. The number of carbonyl (C=O) groups excluding carboxylic acids is 2. The zero-order chi connectivity index (χ0) is 24.0.